The van der Waals surface area contributed by atoms with Crippen molar-refractivity contribution >= 4 is 17.3 Å². The van der Waals surface area contributed by atoms with Crippen molar-refractivity contribution in [2.24, 2.45) is 0 Å². The number of hydrogen-bond acceptors (Lipinski definition) is 4. The lowest BCUT2D eigenvalue weighted by molar-refractivity contribution is -0.121. The predicted octanol–water partition coefficient (Wildman–Crippen LogP) is 4.13. The van der Waals surface area contributed by atoms with Gasteiger partial charge in [0.05, 0.1) is 0 Å². The van der Waals surface area contributed by atoms with Crippen LogP contribution in [0.15, 0.2) is 84.9 Å². The molecule has 1 fully saturated rings. The lowest BCUT2D eigenvalue weighted by atomic mass is 10.2. The van der Waals surface area contributed by atoms with Crippen molar-refractivity contribution in [3.05, 3.63) is 96.1 Å². The minimum Gasteiger partial charge on any atom is -0.374 e. The van der Waals surface area contributed by atoms with Crippen molar-refractivity contribution < 1.29 is 4.79 Å². The van der Waals surface area contributed by atoms with Crippen molar-refractivity contribution in [2.45, 2.75) is 26.1 Å². The molecule has 0 saturated carbocycles. The van der Waals surface area contributed by atoms with Crippen LogP contribution in [0.5, 0.6) is 0 Å². The number of benzene rings is 3. The molecular formula is C27H32N4O. The summed E-state index contributed by atoms with van der Waals surface area (Å²) in [7, 11) is 0. The Morgan fingerprint density at radius 2 is 1.41 bits per heavy atom. The van der Waals surface area contributed by atoms with Gasteiger partial charge in [0.15, 0.2) is 0 Å². The summed E-state index contributed by atoms with van der Waals surface area (Å²) in [6.45, 7) is 7.62. The van der Waals surface area contributed by atoms with E-state index >= 15 is 0 Å². The van der Waals surface area contributed by atoms with Gasteiger partial charge in [-0.2, -0.15) is 0 Å². The van der Waals surface area contributed by atoms with E-state index in [4.69, 9.17) is 0 Å². The number of carbonyl (C=O) groups is 1. The largest absolute Gasteiger partial charge is 0.374 e. The van der Waals surface area contributed by atoms with E-state index in [0.717, 1.165) is 44.0 Å². The molecule has 0 bridgehead atoms. The van der Waals surface area contributed by atoms with E-state index in [1.54, 1.807) is 0 Å². The molecule has 2 N–H and O–H groups in total. The summed E-state index contributed by atoms with van der Waals surface area (Å²) in [6, 6.07) is 28.7. The van der Waals surface area contributed by atoms with Crippen molar-refractivity contribution in [2.75, 3.05) is 36.4 Å². The number of hydrogen-bond donors (Lipinski definition) is 2. The van der Waals surface area contributed by atoms with Gasteiger partial charge in [-0.15, -0.1) is 0 Å². The van der Waals surface area contributed by atoms with Gasteiger partial charge in [0.1, 0.15) is 6.04 Å². The number of piperazine rings is 1. The van der Waals surface area contributed by atoms with E-state index in [2.05, 4.69) is 75.0 Å². The van der Waals surface area contributed by atoms with Crippen molar-refractivity contribution in [3.8, 4) is 0 Å². The van der Waals surface area contributed by atoms with Crippen LogP contribution in [0.25, 0.3) is 0 Å². The van der Waals surface area contributed by atoms with Crippen LogP contribution in [0, 0.1) is 0 Å². The summed E-state index contributed by atoms with van der Waals surface area (Å²) in [6.07, 6.45) is 0. The van der Waals surface area contributed by atoms with Crippen molar-refractivity contribution in [1.82, 2.24) is 10.2 Å². The fourth-order valence-corrected chi connectivity index (χ4v) is 4.03. The van der Waals surface area contributed by atoms with Gasteiger partial charge in [-0.05, 0) is 42.3 Å². The number of rotatable bonds is 8. The van der Waals surface area contributed by atoms with E-state index in [0.29, 0.717) is 6.54 Å². The highest BCUT2D eigenvalue weighted by Gasteiger charge is 2.18. The number of anilines is 2. The molecule has 0 radical (unpaired) electrons. The second-order valence-corrected chi connectivity index (χ2v) is 8.37. The van der Waals surface area contributed by atoms with Crippen LogP contribution in [0.3, 0.4) is 0 Å². The molecule has 166 valence electrons. The smallest absolute Gasteiger partial charge is 0.242 e. The van der Waals surface area contributed by atoms with Gasteiger partial charge in [0.2, 0.25) is 5.91 Å². The summed E-state index contributed by atoms with van der Waals surface area (Å²) in [5.74, 6) is -0.00697. The van der Waals surface area contributed by atoms with Gasteiger partial charge in [-0.1, -0.05) is 60.7 Å². The first-order valence-corrected chi connectivity index (χ1v) is 11.4. The third-order valence-electron chi connectivity index (χ3n) is 5.94. The molecule has 1 heterocycles. The maximum absolute atomic E-state index is 12.4. The zero-order valence-corrected chi connectivity index (χ0v) is 18.7. The van der Waals surface area contributed by atoms with E-state index in [1.165, 1.54) is 11.3 Å². The van der Waals surface area contributed by atoms with E-state index in [9.17, 15) is 4.79 Å². The monoisotopic (exact) mass is 428 g/mol. The lowest BCUT2D eigenvalue weighted by Gasteiger charge is -2.36. The number of amides is 1. The zero-order valence-electron chi connectivity index (χ0n) is 18.7. The Morgan fingerprint density at radius 3 is 2.03 bits per heavy atom. The fraction of sp³-hybridized carbons (Fsp3) is 0.296. The average Bonchev–Trinajstić information content (AvgIpc) is 2.85. The molecule has 0 unspecified atom stereocenters. The highest BCUT2D eigenvalue weighted by atomic mass is 16.2. The maximum Gasteiger partial charge on any atom is 0.242 e. The molecule has 5 nitrogen and oxygen atoms in total. The Morgan fingerprint density at radius 1 is 0.812 bits per heavy atom. The molecule has 3 aromatic rings. The van der Waals surface area contributed by atoms with E-state index in [1.807, 2.05) is 37.3 Å². The minimum absolute atomic E-state index is 0.00697. The Kier molecular flexibility index (Phi) is 7.41. The highest BCUT2D eigenvalue weighted by molar-refractivity contribution is 5.84. The first kappa shape index (κ1) is 21.9. The molecule has 1 amide bonds. The van der Waals surface area contributed by atoms with Crippen LogP contribution in [0.4, 0.5) is 11.4 Å². The Balaban J connectivity index is 1.23. The number of nitrogens with zero attached hydrogens (tertiary/aromatic N) is 2. The van der Waals surface area contributed by atoms with Crippen LogP contribution in [0.1, 0.15) is 18.1 Å². The molecule has 1 atom stereocenters. The van der Waals surface area contributed by atoms with Gasteiger partial charge in [-0.3, -0.25) is 9.69 Å². The molecule has 3 aromatic carbocycles. The quantitative estimate of drug-likeness (QED) is 0.567. The SMILES string of the molecule is C[C@@H](Nc1ccc(N2CCN(Cc3ccccc3)CC2)cc1)C(=O)NCc1ccccc1. The molecule has 1 saturated heterocycles. The average molecular weight is 429 g/mol. The summed E-state index contributed by atoms with van der Waals surface area (Å²) >= 11 is 0. The zero-order chi connectivity index (χ0) is 22.2. The normalized spacial score (nSPS) is 15.2. The van der Waals surface area contributed by atoms with Gasteiger partial charge < -0.3 is 15.5 Å². The third kappa shape index (κ3) is 6.11. The van der Waals surface area contributed by atoms with Crippen LogP contribution in [-0.4, -0.2) is 43.0 Å². The maximum atomic E-state index is 12.4. The topological polar surface area (TPSA) is 47.6 Å². The van der Waals surface area contributed by atoms with Crippen molar-refractivity contribution in [3.63, 3.8) is 0 Å². The molecule has 4 rings (SSSR count). The molecule has 32 heavy (non-hydrogen) atoms. The molecule has 1 aliphatic heterocycles. The molecule has 0 aliphatic carbocycles. The van der Waals surface area contributed by atoms with E-state index < -0.39 is 0 Å². The summed E-state index contributed by atoms with van der Waals surface area (Å²) < 4.78 is 0. The Labute approximate surface area is 191 Å². The van der Waals surface area contributed by atoms with Crippen molar-refractivity contribution in [1.29, 1.82) is 0 Å². The minimum atomic E-state index is -0.300. The predicted molar refractivity (Wildman–Crippen MR) is 132 cm³/mol. The van der Waals surface area contributed by atoms with Crippen LogP contribution < -0.4 is 15.5 Å². The standard InChI is InChI=1S/C27H32N4O/c1-22(27(32)28-20-23-8-4-2-5-9-23)29-25-12-14-26(15-13-25)31-18-16-30(17-19-31)21-24-10-6-3-7-11-24/h2-15,22,29H,16-21H2,1H3,(H,28,32)/t22-/m1/s1. The summed E-state index contributed by atoms with van der Waals surface area (Å²) in [4.78, 5) is 17.4. The van der Waals surface area contributed by atoms with Gasteiger partial charge in [0.25, 0.3) is 0 Å². The molecule has 5 heteroatoms. The van der Waals surface area contributed by atoms with Crippen LogP contribution >= 0.6 is 0 Å². The Bertz CT molecular complexity index is 968. The Hall–Kier alpha value is -3.31. The summed E-state index contributed by atoms with van der Waals surface area (Å²) in [5.41, 5.74) is 4.66. The van der Waals surface area contributed by atoms with Crippen LogP contribution in [0.2, 0.25) is 0 Å². The second-order valence-electron chi connectivity index (χ2n) is 8.37. The third-order valence-corrected chi connectivity index (χ3v) is 5.94. The molecule has 1 aliphatic rings. The highest BCUT2D eigenvalue weighted by Crippen LogP contribution is 2.20. The lowest BCUT2D eigenvalue weighted by Crippen LogP contribution is -2.45. The molecular weight excluding hydrogens is 396 g/mol. The second kappa shape index (κ2) is 10.8. The molecule has 0 aromatic heterocycles. The first-order chi connectivity index (χ1) is 15.7. The van der Waals surface area contributed by atoms with Crippen LogP contribution in [-0.2, 0) is 17.9 Å². The fourth-order valence-electron chi connectivity index (χ4n) is 4.03. The number of carbonyl (C=O) groups excluding carboxylic acids is 1. The molecule has 0 spiro atoms. The van der Waals surface area contributed by atoms with Gasteiger partial charge in [-0.25, -0.2) is 0 Å². The van der Waals surface area contributed by atoms with Gasteiger partial charge in [0, 0.05) is 50.6 Å². The first-order valence-electron chi connectivity index (χ1n) is 11.4. The summed E-state index contributed by atoms with van der Waals surface area (Å²) in [5, 5.41) is 6.29. The van der Waals surface area contributed by atoms with Gasteiger partial charge >= 0.3 is 0 Å². The van der Waals surface area contributed by atoms with E-state index in [-0.39, 0.29) is 11.9 Å². The number of nitrogens with one attached hydrogen (secondary N) is 2.